The first-order chi connectivity index (χ1) is 9.70. The second kappa shape index (κ2) is 5.96. The van der Waals surface area contributed by atoms with Gasteiger partial charge in [-0.3, -0.25) is 4.72 Å². The van der Waals surface area contributed by atoms with E-state index in [1.165, 1.54) is 12.3 Å². The molecule has 112 valence electrons. The van der Waals surface area contributed by atoms with Gasteiger partial charge in [0.1, 0.15) is 10.0 Å². The standard InChI is InChI=1S/C11H7BrCl2FN3O2S/c12-7-3-6(4-17-11(7)14)18-21(19,20)9-2-5(13)1-8(16)10(9)15/h1-4,18H,16H2. The zero-order valence-corrected chi connectivity index (χ0v) is 14.0. The van der Waals surface area contributed by atoms with Crippen molar-refractivity contribution in [2.24, 2.45) is 0 Å². The van der Waals surface area contributed by atoms with Gasteiger partial charge in [0, 0.05) is 5.02 Å². The van der Waals surface area contributed by atoms with Crippen LogP contribution in [0.15, 0.2) is 33.8 Å². The molecule has 1 heterocycles. The molecule has 0 fully saturated rings. The van der Waals surface area contributed by atoms with Crippen LogP contribution in [0.25, 0.3) is 0 Å². The first-order valence-electron chi connectivity index (χ1n) is 5.29. The number of halogens is 4. The lowest BCUT2D eigenvalue weighted by Crippen LogP contribution is -2.15. The average molecular weight is 415 g/mol. The van der Waals surface area contributed by atoms with Gasteiger partial charge in [0.15, 0.2) is 5.82 Å². The largest absolute Gasteiger partial charge is 0.396 e. The number of aromatic nitrogens is 1. The second-order valence-corrected chi connectivity index (χ2v) is 7.21. The molecular weight excluding hydrogens is 408 g/mol. The Hall–Kier alpha value is -1.09. The molecule has 1 aromatic heterocycles. The third kappa shape index (κ3) is 3.57. The van der Waals surface area contributed by atoms with E-state index >= 15 is 0 Å². The summed E-state index contributed by atoms with van der Waals surface area (Å²) in [6.07, 6.45) is 1.19. The summed E-state index contributed by atoms with van der Waals surface area (Å²) in [5.74, 6) is -1.08. The smallest absolute Gasteiger partial charge is 0.265 e. The van der Waals surface area contributed by atoms with Crippen molar-refractivity contribution < 1.29 is 12.8 Å². The van der Waals surface area contributed by atoms with Gasteiger partial charge in [-0.2, -0.15) is 0 Å². The molecule has 0 amide bonds. The minimum Gasteiger partial charge on any atom is -0.396 e. The lowest BCUT2D eigenvalue weighted by molar-refractivity contribution is 0.573. The minimum atomic E-state index is -4.21. The molecule has 10 heteroatoms. The number of hydrogen-bond acceptors (Lipinski definition) is 4. The summed E-state index contributed by atoms with van der Waals surface area (Å²) in [6, 6.07) is 3.48. The highest BCUT2D eigenvalue weighted by molar-refractivity contribution is 9.10. The summed E-state index contributed by atoms with van der Waals surface area (Å²) in [5, 5.41) is 0.167. The number of hydrogen-bond donors (Lipinski definition) is 2. The lowest BCUT2D eigenvalue weighted by Gasteiger charge is -2.10. The van der Waals surface area contributed by atoms with Crippen LogP contribution in [-0.2, 0) is 10.0 Å². The van der Waals surface area contributed by atoms with E-state index in [0.29, 0.717) is 4.47 Å². The van der Waals surface area contributed by atoms with E-state index in [1.807, 2.05) is 0 Å². The van der Waals surface area contributed by atoms with E-state index in [0.717, 1.165) is 12.1 Å². The zero-order chi connectivity index (χ0) is 15.8. The van der Waals surface area contributed by atoms with Crippen LogP contribution in [0.2, 0.25) is 10.2 Å². The molecule has 2 rings (SSSR count). The number of anilines is 2. The molecule has 3 N–H and O–H groups in total. The fourth-order valence-corrected chi connectivity index (χ4v) is 3.38. The summed E-state index contributed by atoms with van der Waals surface area (Å²) in [4.78, 5) is 3.11. The summed E-state index contributed by atoms with van der Waals surface area (Å²) < 4.78 is 40.8. The van der Waals surface area contributed by atoms with Crippen LogP contribution in [0, 0.1) is 5.82 Å². The van der Waals surface area contributed by atoms with Gasteiger partial charge in [0.25, 0.3) is 10.0 Å². The van der Waals surface area contributed by atoms with Crippen LogP contribution in [0.4, 0.5) is 15.8 Å². The Morgan fingerprint density at radius 1 is 1.29 bits per heavy atom. The highest BCUT2D eigenvalue weighted by Crippen LogP contribution is 2.28. The number of nitrogens with zero attached hydrogens (tertiary/aromatic N) is 1. The SMILES string of the molecule is Nc1cc(Cl)cc(S(=O)(=O)Nc2cnc(Cl)c(Br)c2)c1F. The van der Waals surface area contributed by atoms with Gasteiger partial charge in [-0.15, -0.1) is 0 Å². The summed E-state index contributed by atoms with van der Waals surface area (Å²) in [6.45, 7) is 0. The first-order valence-corrected chi connectivity index (χ1v) is 8.32. The molecule has 1 aromatic carbocycles. The maximum atomic E-state index is 13.9. The third-order valence-corrected chi connectivity index (χ3v) is 5.10. The van der Waals surface area contributed by atoms with Crippen molar-refractivity contribution >= 4 is 60.5 Å². The quantitative estimate of drug-likeness (QED) is 0.592. The molecule has 5 nitrogen and oxygen atoms in total. The Balaban J connectivity index is 2.45. The molecular formula is C11H7BrCl2FN3O2S. The van der Waals surface area contributed by atoms with Crippen LogP contribution in [0.1, 0.15) is 0 Å². The Labute approximate surface area is 138 Å². The molecule has 0 saturated heterocycles. The van der Waals surface area contributed by atoms with Crippen LogP contribution in [0.5, 0.6) is 0 Å². The number of benzene rings is 1. The van der Waals surface area contributed by atoms with E-state index in [-0.39, 0.29) is 21.6 Å². The van der Waals surface area contributed by atoms with E-state index in [9.17, 15) is 12.8 Å². The van der Waals surface area contributed by atoms with Gasteiger partial charge < -0.3 is 5.73 Å². The maximum Gasteiger partial charge on any atom is 0.265 e. The number of nitrogens with one attached hydrogen (secondary N) is 1. The molecule has 0 aliphatic carbocycles. The number of sulfonamides is 1. The minimum absolute atomic E-state index is 0.00434. The predicted octanol–water partition coefficient (Wildman–Crippen LogP) is 3.67. The van der Waals surface area contributed by atoms with Crippen molar-refractivity contribution in [3.8, 4) is 0 Å². The molecule has 0 unspecified atom stereocenters. The predicted molar refractivity (Wildman–Crippen MR) is 83.6 cm³/mol. The normalized spacial score (nSPS) is 11.4. The summed E-state index contributed by atoms with van der Waals surface area (Å²) in [5.41, 5.74) is 5.10. The molecule has 0 bridgehead atoms. The lowest BCUT2D eigenvalue weighted by atomic mass is 10.3. The molecule has 0 aliphatic rings. The summed E-state index contributed by atoms with van der Waals surface area (Å²) >= 11 is 14.5. The maximum absolute atomic E-state index is 13.9. The molecule has 2 aromatic rings. The monoisotopic (exact) mass is 413 g/mol. The van der Waals surface area contributed by atoms with Gasteiger partial charge in [-0.05, 0) is 34.1 Å². The zero-order valence-electron chi connectivity index (χ0n) is 10.1. The highest BCUT2D eigenvalue weighted by Gasteiger charge is 2.22. The van der Waals surface area contributed by atoms with Crippen LogP contribution < -0.4 is 10.5 Å². The Morgan fingerprint density at radius 3 is 2.57 bits per heavy atom. The number of rotatable bonds is 3. The highest BCUT2D eigenvalue weighted by atomic mass is 79.9. The van der Waals surface area contributed by atoms with Gasteiger partial charge in [0.05, 0.1) is 22.0 Å². The number of nitrogen functional groups attached to an aromatic ring is 1. The Bertz CT molecular complexity index is 817. The average Bonchev–Trinajstić information content (AvgIpc) is 2.37. The van der Waals surface area contributed by atoms with Crippen LogP contribution >= 0.6 is 39.1 Å². The molecule has 0 saturated carbocycles. The van der Waals surface area contributed by atoms with Gasteiger partial charge in [-0.25, -0.2) is 17.8 Å². The Kier molecular flexibility index (Phi) is 4.62. The molecule has 0 radical (unpaired) electrons. The van der Waals surface area contributed by atoms with E-state index in [4.69, 9.17) is 28.9 Å². The van der Waals surface area contributed by atoms with Gasteiger partial charge in [-0.1, -0.05) is 23.2 Å². The van der Waals surface area contributed by atoms with Gasteiger partial charge >= 0.3 is 0 Å². The van der Waals surface area contributed by atoms with E-state index in [1.54, 1.807) is 0 Å². The number of nitrogens with two attached hydrogens (primary N) is 1. The molecule has 0 aliphatic heterocycles. The van der Waals surface area contributed by atoms with E-state index in [2.05, 4.69) is 25.6 Å². The van der Waals surface area contributed by atoms with Gasteiger partial charge in [0.2, 0.25) is 0 Å². The molecule has 21 heavy (non-hydrogen) atoms. The van der Waals surface area contributed by atoms with E-state index < -0.39 is 20.7 Å². The second-order valence-electron chi connectivity index (χ2n) is 3.91. The summed E-state index contributed by atoms with van der Waals surface area (Å²) in [7, 11) is -4.21. The van der Waals surface area contributed by atoms with Crippen molar-refractivity contribution in [3.63, 3.8) is 0 Å². The van der Waals surface area contributed by atoms with Crippen molar-refractivity contribution in [1.29, 1.82) is 0 Å². The van der Waals surface area contributed by atoms with Crippen LogP contribution in [-0.4, -0.2) is 13.4 Å². The third-order valence-electron chi connectivity index (χ3n) is 2.37. The topological polar surface area (TPSA) is 85.1 Å². The molecule has 0 atom stereocenters. The van der Waals surface area contributed by atoms with Crippen molar-refractivity contribution in [2.45, 2.75) is 4.90 Å². The van der Waals surface area contributed by atoms with Crippen molar-refractivity contribution in [2.75, 3.05) is 10.5 Å². The molecule has 0 spiro atoms. The number of pyridine rings is 1. The van der Waals surface area contributed by atoms with Crippen LogP contribution in [0.3, 0.4) is 0 Å². The first kappa shape index (κ1) is 16.3. The Morgan fingerprint density at radius 2 is 1.95 bits per heavy atom. The fourth-order valence-electron chi connectivity index (χ4n) is 1.47. The van der Waals surface area contributed by atoms with Crippen molar-refractivity contribution in [3.05, 3.63) is 44.9 Å². The fraction of sp³-hybridized carbons (Fsp3) is 0. The van der Waals surface area contributed by atoms with Crippen molar-refractivity contribution in [1.82, 2.24) is 4.98 Å².